The third-order valence-electron chi connectivity index (χ3n) is 5.03. The van der Waals surface area contributed by atoms with Gasteiger partial charge >= 0.3 is 0 Å². The third-order valence-corrected chi connectivity index (χ3v) is 5.94. The number of aliphatic imine (C=N–C) groups is 1. The van der Waals surface area contributed by atoms with Crippen LogP contribution in [0.4, 0.5) is 0 Å². The van der Waals surface area contributed by atoms with Gasteiger partial charge in [-0.2, -0.15) is 0 Å². The van der Waals surface area contributed by atoms with Crippen LogP contribution in [0.2, 0.25) is 0 Å². The van der Waals surface area contributed by atoms with Crippen LogP contribution in [-0.4, -0.2) is 27.5 Å². The second kappa shape index (κ2) is 9.92. The predicted molar refractivity (Wildman–Crippen MR) is 106 cm³/mol. The Labute approximate surface area is 157 Å². The molecule has 4 N–H and O–H groups in total. The Balaban J connectivity index is 1.80. The average Bonchev–Trinajstić information content (AvgIpc) is 2.64. The van der Waals surface area contributed by atoms with E-state index in [1.807, 2.05) is 6.07 Å². The second-order valence-electron chi connectivity index (χ2n) is 7.24. The first-order chi connectivity index (χ1) is 12.4. The Hall–Kier alpha value is -1.60. The lowest BCUT2D eigenvalue weighted by atomic mass is 9.85. The number of benzene rings is 1. The molecule has 0 aliphatic heterocycles. The van der Waals surface area contributed by atoms with Crippen LogP contribution in [0.25, 0.3) is 0 Å². The predicted octanol–water partition coefficient (Wildman–Crippen LogP) is 2.75. The highest BCUT2D eigenvalue weighted by Gasteiger charge is 2.15. The van der Waals surface area contributed by atoms with E-state index in [4.69, 9.17) is 5.14 Å². The van der Waals surface area contributed by atoms with Crippen LogP contribution < -0.4 is 15.8 Å². The maximum absolute atomic E-state index is 11.4. The summed E-state index contributed by atoms with van der Waals surface area (Å²) >= 11 is 0. The van der Waals surface area contributed by atoms with Crippen LogP contribution in [0, 0.1) is 5.92 Å². The van der Waals surface area contributed by atoms with Crippen molar-refractivity contribution in [3.05, 3.63) is 29.8 Å². The summed E-state index contributed by atoms with van der Waals surface area (Å²) in [4.78, 5) is 4.39. The minimum Gasteiger partial charge on any atom is -0.354 e. The van der Waals surface area contributed by atoms with Gasteiger partial charge in [-0.05, 0) is 43.4 Å². The highest BCUT2D eigenvalue weighted by atomic mass is 32.2. The summed E-state index contributed by atoms with van der Waals surface area (Å²) in [6.07, 6.45) is 9.31. The van der Waals surface area contributed by atoms with Crippen LogP contribution in [0.3, 0.4) is 0 Å². The summed E-state index contributed by atoms with van der Waals surface area (Å²) in [5.41, 5.74) is 0.842. The third kappa shape index (κ3) is 6.96. The highest BCUT2D eigenvalue weighted by Crippen LogP contribution is 2.27. The van der Waals surface area contributed by atoms with Gasteiger partial charge in [0.2, 0.25) is 10.0 Å². The summed E-state index contributed by atoms with van der Waals surface area (Å²) in [5, 5.41) is 11.8. The fourth-order valence-electron chi connectivity index (χ4n) is 3.48. The molecule has 1 fully saturated rings. The molecule has 1 aliphatic rings. The highest BCUT2D eigenvalue weighted by molar-refractivity contribution is 7.89. The minimum absolute atomic E-state index is 0.126. The molecule has 0 heterocycles. The Morgan fingerprint density at radius 2 is 2.04 bits per heavy atom. The van der Waals surface area contributed by atoms with Gasteiger partial charge in [0, 0.05) is 19.6 Å². The van der Waals surface area contributed by atoms with Gasteiger partial charge in [-0.3, -0.25) is 4.99 Å². The SMILES string of the molecule is CN=C(NCc1cccc(S(N)(=O)=O)c1)NC(C)CCC1CCCCC1. The topological polar surface area (TPSA) is 96.6 Å². The van der Waals surface area contributed by atoms with E-state index in [2.05, 4.69) is 22.5 Å². The molecule has 1 aliphatic carbocycles. The Kier molecular flexibility index (Phi) is 7.90. The summed E-state index contributed by atoms with van der Waals surface area (Å²) < 4.78 is 22.9. The van der Waals surface area contributed by atoms with Crippen molar-refractivity contribution in [2.24, 2.45) is 16.0 Å². The average molecular weight is 381 g/mol. The molecule has 0 radical (unpaired) electrons. The van der Waals surface area contributed by atoms with E-state index in [0.717, 1.165) is 23.9 Å². The quantitative estimate of drug-likeness (QED) is 0.500. The summed E-state index contributed by atoms with van der Waals surface area (Å²) in [7, 11) is -1.94. The van der Waals surface area contributed by atoms with E-state index in [0.29, 0.717) is 12.6 Å². The van der Waals surface area contributed by atoms with Crippen LogP contribution in [-0.2, 0) is 16.6 Å². The van der Waals surface area contributed by atoms with Gasteiger partial charge < -0.3 is 10.6 Å². The van der Waals surface area contributed by atoms with Gasteiger partial charge in [0.25, 0.3) is 0 Å². The van der Waals surface area contributed by atoms with Crippen LogP contribution in [0.15, 0.2) is 34.2 Å². The van der Waals surface area contributed by atoms with Gasteiger partial charge in [-0.15, -0.1) is 0 Å². The second-order valence-corrected chi connectivity index (χ2v) is 8.81. The fraction of sp³-hybridized carbons (Fsp3) is 0.632. The number of nitrogens with one attached hydrogen (secondary N) is 2. The van der Waals surface area contributed by atoms with Gasteiger partial charge in [0.1, 0.15) is 0 Å². The monoisotopic (exact) mass is 380 g/mol. The molecular formula is C19H32N4O2S. The van der Waals surface area contributed by atoms with E-state index in [-0.39, 0.29) is 4.90 Å². The zero-order chi connectivity index (χ0) is 19.0. The van der Waals surface area contributed by atoms with Crippen molar-refractivity contribution in [2.75, 3.05) is 7.05 Å². The molecule has 0 spiro atoms. The number of primary sulfonamides is 1. The molecule has 6 nitrogen and oxygen atoms in total. The first-order valence-corrected chi connectivity index (χ1v) is 11.0. The number of hydrogen-bond acceptors (Lipinski definition) is 3. The van der Waals surface area contributed by atoms with E-state index in [1.165, 1.54) is 44.6 Å². The van der Waals surface area contributed by atoms with Crippen LogP contribution in [0.1, 0.15) is 57.4 Å². The van der Waals surface area contributed by atoms with Gasteiger partial charge in [-0.1, -0.05) is 44.2 Å². The van der Waals surface area contributed by atoms with E-state index in [9.17, 15) is 8.42 Å². The number of sulfonamides is 1. The fourth-order valence-corrected chi connectivity index (χ4v) is 4.06. The lowest BCUT2D eigenvalue weighted by molar-refractivity contribution is 0.322. The molecule has 26 heavy (non-hydrogen) atoms. The zero-order valence-corrected chi connectivity index (χ0v) is 16.7. The van der Waals surface area contributed by atoms with Gasteiger partial charge in [-0.25, -0.2) is 13.6 Å². The molecule has 0 saturated heterocycles. The van der Waals surface area contributed by atoms with E-state index < -0.39 is 10.0 Å². The van der Waals surface area contributed by atoms with Gasteiger partial charge in [0.05, 0.1) is 4.90 Å². The lowest BCUT2D eigenvalue weighted by Gasteiger charge is -2.24. The molecule has 0 bridgehead atoms. The molecule has 7 heteroatoms. The normalized spacial score (nSPS) is 17.7. The largest absolute Gasteiger partial charge is 0.354 e. The molecular weight excluding hydrogens is 348 g/mol. The molecule has 1 aromatic carbocycles. The summed E-state index contributed by atoms with van der Waals surface area (Å²) in [5.74, 6) is 1.60. The summed E-state index contributed by atoms with van der Waals surface area (Å²) in [6.45, 7) is 2.66. The van der Waals surface area contributed by atoms with E-state index in [1.54, 1.807) is 19.2 Å². The summed E-state index contributed by atoms with van der Waals surface area (Å²) in [6, 6.07) is 6.99. The smallest absolute Gasteiger partial charge is 0.238 e. The Morgan fingerprint density at radius 1 is 1.31 bits per heavy atom. The van der Waals surface area contributed by atoms with Crippen LogP contribution in [0.5, 0.6) is 0 Å². The molecule has 1 unspecified atom stereocenters. The molecule has 0 aromatic heterocycles. The number of hydrogen-bond donors (Lipinski definition) is 3. The lowest BCUT2D eigenvalue weighted by Crippen LogP contribution is -2.42. The first-order valence-electron chi connectivity index (χ1n) is 9.47. The van der Waals surface area contributed by atoms with Gasteiger partial charge in [0.15, 0.2) is 5.96 Å². The van der Waals surface area contributed by atoms with E-state index >= 15 is 0 Å². The molecule has 1 saturated carbocycles. The zero-order valence-electron chi connectivity index (χ0n) is 15.9. The molecule has 0 amide bonds. The maximum atomic E-state index is 11.4. The van der Waals surface area contributed by atoms with Crippen molar-refractivity contribution in [2.45, 2.75) is 69.4 Å². The van der Waals surface area contributed by atoms with Crippen molar-refractivity contribution >= 4 is 16.0 Å². The number of rotatable bonds is 7. The maximum Gasteiger partial charge on any atom is 0.238 e. The first kappa shape index (κ1) is 20.7. The molecule has 146 valence electrons. The Morgan fingerprint density at radius 3 is 2.69 bits per heavy atom. The number of nitrogens with zero attached hydrogens (tertiary/aromatic N) is 1. The van der Waals surface area contributed by atoms with Crippen molar-refractivity contribution in [1.29, 1.82) is 0 Å². The Bertz CT molecular complexity index is 697. The molecule has 2 rings (SSSR count). The van der Waals surface area contributed by atoms with Crippen LogP contribution >= 0.6 is 0 Å². The van der Waals surface area contributed by atoms with Crippen molar-refractivity contribution in [3.63, 3.8) is 0 Å². The van der Waals surface area contributed by atoms with Crippen molar-refractivity contribution in [3.8, 4) is 0 Å². The van der Waals surface area contributed by atoms with Crippen molar-refractivity contribution < 1.29 is 8.42 Å². The molecule has 1 atom stereocenters. The minimum atomic E-state index is -3.68. The number of guanidine groups is 1. The molecule has 1 aromatic rings. The number of nitrogens with two attached hydrogens (primary N) is 1. The van der Waals surface area contributed by atoms with Crippen molar-refractivity contribution in [1.82, 2.24) is 10.6 Å². The standard InChI is InChI=1S/C19H32N4O2S/c1-15(11-12-16-7-4-3-5-8-16)23-19(21-2)22-14-17-9-6-10-18(13-17)26(20,24)25/h6,9-10,13,15-16H,3-5,7-8,11-12,14H2,1-2H3,(H2,20,24,25)(H2,21,22,23).